The molecule has 0 aliphatic rings. The molecule has 0 aliphatic carbocycles. The molecule has 0 bridgehead atoms. The van der Waals surface area contributed by atoms with Gasteiger partial charge in [0.05, 0.1) is 23.4 Å². The maximum Gasteiger partial charge on any atom is 0.340 e. The monoisotopic (exact) mass is 439 g/mol. The van der Waals surface area contributed by atoms with Gasteiger partial charge >= 0.3 is 5.97 Å². The first-order valence-corrected chi connectivity index (χ1v) is 10.7. The Kier molecular flexibility index (Phi) is 6.01. The first-order valence-electron chi connectivity index (χ1n) is 9.34. The van der Waals surface area contributed by atoms with Crippen LogP contribution in [0.1, 0.15) is 28.5 Å². The number of ether oxygens (including phenoxy) is 1. The lowest BCUT2D eigenvalue weighted by Gasteiger charge is -2.13. The Labute approximate surface area is 182 Å². The Bertz CT molecular complexity index is 1230. The summed E-state index contributed by atoms with van der Waals surface area (Å²) in [6.07, 6.45) is 0. The van der Waals surface area contributed by atoms with Crippen LogP contribution in [0.4, 0.5) is 0 Å². The van der Waals surface area contributed by atoms with E-state index in [9.17, 15) is 4.79 Å². The van der Waals surface area contributed by atoms with E-state index in [0.717, 1.165) is 22.0 Å². The molecular formula is C22H18ClN3O3S. The number of hydrogen-bond acceptors (Lipinski definition) is 7. The summed E-state index contributed by atoms with van der Waals surface area (Å²) in [5.74, 6) is 0.388. The van der Waals surface area contributed by atoms with Gasteiger partial charge in [0.15, 0.2) is 0 Å². The number of pyridine rings is 1. The van der Waals surface area contributed by atoms with E-state index in [1.807, 2.05) is 43.3 Å². The van der Waals surface area contributed by atoms with E-state index in [1.165, 1.54) is 11.8 Å². The molecule has 0 fully saturated rings. The van der Waals surface area contributed by atoms with Crippen molar-refractivity contribution in [2.75, 3.05) is 6.61 Å². The van der Waals surface area contributed by atoms with E-state index in [4.69, 9.17) is 25.7 Å². The smallest absolute Gasteiger partial charge is 0.340 e. The molecule has 2 heterocycles. The highest BCUT2D eigenvalue weighted by Crippen LogP contribution is 2.30. The average Bonchev–Trinajstić information content (AvgIpc) is 3.21. The van der Waals surface area contributed by atoms with Crippen molar-refractivity contribution < 1.29 is 13.9 Å². The summed E-state index contributed by atoms with van der Waals surface area (Å²) in [6.45, 7) is 3.99. The second-order valence-corrected chi connectivity index (χ2v) is 7.83. The second kappa shape index (κ2) is 8.85. The molecule has 4 aromatic rings. The zero-order chi connectivity index (χ0) is 21.1. The van der Waals surface area contributed by atoms with E-state index in [1.54, 1.807) is 19.1 Å². The molecule has 2 aromatic heterocycles. The molecule has 0 amide bonds. The molecule has 30 heavy (non-hydrogen) atoms. The highest BCUT2D eigenvalue weighted by molar-refractivity contribution is 7.98. The van der Waals surface area contributed by atoms with Crippen molar-refractivity contribution in [3.63, 3.8) is 0 Å². The van der Waals surface area contributed by atoms with E-state index in [-0.39, 0.29) is 5.97 Å². The summed E-state index contributed by atoms with van der Waals surface area (Å²) in [5.41, 5.74) is 3.52. The molecule has 8 heteroatoms. The summed E-state index contributed by atoms with van der Waals surface area (Å²) in [7, 11) is 0. The van der Waals surface area contributed by atoms with Crippen molar-refractivity contribution >= 4 is 40.2 Å². The molecule has 6 nitrogen and oxygen atoms in total. The van der Waals surface area contributed by atoms with Gasteiger partial charge < -0.3 is 9.15 Å². The molecule has 152 valence electrons. The van der Waals surface area contributed by atoms with Gasteiger partial charge in [-0.1, -0.05) is 47.6 Å². The van der Waals surface area contributed by atoms with Crippen LogP contribution in [0.3, 0.4) is 0 Å². The third kappa shape index (κ3) is 4.17. The van der Waals surface area contributed by atoms with Gasteiger partial charge in [0.1, 0.15) is 0 Å². The molecule has 4 rings (SSSR count). The molecule has 0 atom stereocenters. The number of halogens is 1. The van der Waals surface area contributed by atoms with Crippen LogP contribution in [0, 0.1) is 6.92 Å². The van der Waals surface area contributed by atoms with Crippen molar-refractivity contribution in [1.29, 1.82) is 0 Å². The molecule has 0 radical (unpaired) electrons. The lowest BCUT2D eigenvalue weighted by Crippen LogP contribution is -2.12. The molecule has 0 saturated carbocycles. The topological polar surface area (TPSA) is 78.1 Å². The largest absolute Gasteiger partial charge is 0.462 e. The summed E-state index contributed by atoms with van der Waals surface area (Å²) < 4.78 is 11.0. The fourth-order valence-corrected chi connectivity index (χ4v) is 4.05. The van der Waals surface area contributed by atoms with Crippen LogP contribution in [0.2, 0.25) is 5.02 Å². The van der Waals surface area contributed by atoms with Crippen LogP contribution < -0.4 is 0 Å². The molecule has 2 aromatic carbocycles. The summed E-state index contributed by atoms with van der Waals surface area (Å²) in [5, 5.41) is 10.1. The number of carbonyl (C=O) groups excluding carboxylic acids is 1. The van der Waals surface area contributed by atoms with Crippen molar-refractivity contribution in [1.82, 2.24) is 15.2 Å². The second-order valence-electron chi connectivity index (χ2n) is 6.47. The zero-order valence-corrected chi connectivity index (χ0v) is 18.0. The van der Waals surface area contributed by atoms with Gasteiger partial charge in [0.2, 0.25) is 5.89 Å². The minimum Gasteiger partial charge on any atom is -0.462 e. The lowest BCUT2D eigenvalue weighted by molar-refractivity contribution is 0.0524. The van der Waals surface area contributed by atoms with Gasteiger partial charge in [-0.3, -0.25) is 4.98 Å². The highest BCUT2D eigenvalue weighted by atomic mass is 35.5. The zero-order valence-electron chi connectivity index (χ0n) is 16.4. The van der Waals surface area contributed by atoms with Crippen molar-refractivity contribution in [3.05, 3.63) is 70.4 Å². The molecule has 0 spiro atoms. The Morgan fingerprint density at radius 2 is 2.00 bits per heavy atom. The Hall–Kier alpha value is -2.90. The average molecular weight is 440 g/mol. The number of esters is 1. The van der Waals surface area contributed by atoms with Gasteiger partial charge in [-0.05, 0) is 43.7 Å². The number of para-hydroxylation sites is 1. The SMILES string of the molecule is CCOC(=O)c1c(CSc2nnc(-c3cccc(Cl)c3)o2)nc2ccccc2c1C. The van der Waals surface area contributed by atoms with E-state index >= 15 is 0 Å². The predicted molar refractivity (Wildman–Crippen MR) is 117 cm³/mol. The van der Waals surface area contributed by atoms with Crippen molar-refractivity contribution in [3.8, 4) is 11.5 Å². The van der Waals surface area contributed by atoms with Crippen LogP contribution in [0.25, 0.3) is 22.4 Å². The van der Waals surface area contributed by atoms with Crippen LogP contribution in [0.5, 0.6) is 0 Å². The molecule has 0 unspecified atom stereocenters. The Morgan fingerprint density at radius 1 is 1.17 bits per heavy atom. The minimum atomic E-state index is -0.381. The normalized spacial score (nSPS) is 11.0. The third-order valence-corrected chi connectivity index (χ3v) is 5.58. The maximum atomic E-state index is 12.6. The molecule has 0 saturated heterocycles. The van der Waals surface area contributed by atoms with E-state index in [0.29, 0.717) is 39.8 Å². The van der Waals surface area contributed by atoms with E-state index < -0.39 is 0 Å². The van der Waals surface area contributed by atoms with Gasteiger partial charge in [-0.25, -0.2) is 4.79 Å². The first-order chi connectivity index (χ1) is 14.6. The standard InChI is InChI=1S/C22H18ClN3O3S/c1-3-28-21(27)19-13(2)16-9-4-5-10-17(16)24-18(19)12-30-22-26-25-20(29-22)14-7-6-8-15(23)11-14/h4-11H,3,12H2,1-2H3. The number of rotatable bonds is 6. The molecular weight excluding hydrogens is 422 g/mol. The number of thioether (sulfide) groups is 1. The van der Waals surface area contributed by atoms with Gasteiger partial charge in [-0.15, -0.1) is 10.2 Å². The minimum absolute atomic E-state index is 0.296. The van der Waals surface area contributed by atoms with Crippen LogP contribution in [0.15, 0.2) is 58.2 Å². The summed E-state index contributed by atoms with van der Waals surface area (Å²) in [6, 6.07) is 14.9. The quantitative estimate of drug-likeness (QED) is 0.281. The predicted octanol–water partition coefficient (Wildman–Crippen LogP) is 5.72. The summed E-state index contributed by atoms with van der Waals surface area (Å²) >= 11 is 7.35. The summed E-state index contributed by atoms with van der Waals surface area (Å²) in [4.78, 5) is 17.3. The number of hydrogen-bond donors (Lipinski definition) is 0. The first kappa shape index (κ1) is 20.4. The number of nitrogens with zero attached hydrogens (tertiary/aromatic N) is 3. The van der Waals surface area contributed by atoms with Crippen LogP contribution >= 0.6 is 23.4 Å². The van der Waals surface area contributed by atoms with Gasteiger partial charge in [-0.2, -0.15) is 0 Å². The number of aromatic nitrogens is 3. The van der Waals surface area contributed by atoms with Gasteiger partial charge in [0, 0.05) is 21.7 Å². The van der Waals surface area contributed by atoms with Crippen LogP contribution in [-0.2, 0) is 10.5 Å². The Morgan fingerprint density at radius 3 is 2.80 bits per heavy atom. The fraction of sp³-hybridized carbons (Fsp3) is 0.182. The molecule has 0 N–H and O–H groups in total. The third-order valence-electron chi connectivity index (χ3n) is 4.52. The Balaban J connectivity index is 1.64. The van der Waals surface area contributed by atoms with Crippen molar-refractivity contribution in [2.45, 2.75) is 24.8 Å². The van der Waals surface area contributed by atoms with Gasteiger partial charge in [0.25, 0.3) is 5.22 Å². The maximum absolute atomic E-state index is 12.6. The number of benzene rings is 2. The molecule has 0 aliphatic heterocycles. The van der Waals surface area contributed by atoms with E-state index in [2.05, 4.69) is 10.2 Å². The fourth-order valence-electron chi connectivity index (χ4n) is 3.16. The van der Waals surface area contributed by atoms with Crippen molar-refractivity contribution in [2.24, 2.45) is 0 Å². The number of carbonyl (C=O) groups is 1. The number of fused-ring (bicyclic) bond motifs is 1. The highest BCUT2D eigenvalue weighted by Gasteiger charge is 2.21. The number of aryl methyl sites for hydroxylation is 1. The lowest BCUT2D eigenvalue weighted by atomic mass is 10.0. The van der Waals surface area contributed by atoms with Crippen LogP contribution in [-0.4, -0.2) is 27.8 Å².